The van der Waals surface area contributed by atoms with Crippen LogP contribution in [0.1, 0.15) is 29.9 Å². The third-order valence-electron chi connectivity index (χ3n) is 2.54. The summed E-state index contributed by atoms with van der Waals surface area (Å²) in [4.78, 5) is 25.8. The zero-order valence-corrected chi connectivity index (χ0v) is 10.7. The number of aliphatic carboxylic acids is 1. The van der Waals surface area contributed by atoms with E-state index >= 15 is 0 Å². The summed E-state index contributed by atoms with van der Waals surface area (Å²) in [5, 5.41) is 11.1. The molecule has 0 unspecified atom stereocenters. The molecule has 0 saturated heterocycles. The Morgan fingerprint density at radius 3 is 2.25 bits per heavy atom. The summed E-state index contributed by atoms with van der Waals surface area (Å²) in [5.74, 6) is -2.36. The summed E-state index contributed by atoms with van der Waals surface area (Å²) in [6.45, 7) is 3.20. The Bertz CT molecular complexity index is 498. The first-order valence-electron chi connectivity index (χ1n) is 5.70. The van der Waals surface area contributed by atoms with Crippen LogP contribution in [-0.2, 0) is 11.0 Å². The first kappa shape index (κ1) is 15.9. The minimum Gasteiger partial charge on any atom is -0.480 e. The maximum atomic E-state index is 12.3. The van der Waals surface area contributed by atoms with Crippen molar-refractivity contribution in [3.8, 4) is 0 Å². The van der Waals surface area contributed by atoms with E-state index in [1.807, 2.05) is 0 Å². The molecule has 1 amide bonds. The number of nitrogens with one attached hydrogen (secondary N) is 1. The van der Waals surface area contributed by atoms with E-state index in [2.05, 4.69) is 10.3 Å². The molecule has 1 aromatic rings. The fourth-order valence-electron chi connectivity index (χ4n) is 1.43. The van der Waals surface area contributed by atoms with Crippen molar-refractivity contribution in [3.05, 3.63) is 29.6 Å². The van der Waals surface area contributed by atoms with E-state index in [1.54, 1.807) is 13.8 Å². The lowest BCUT2D eigenvalue weighted by atomic mass is 10.0. The molecule has 20 heavy (non-hydrogen) atoms. The number of aromatic nitrogens is 1. The average molecular weight is 290 g/mol. The molecule has 1 aromatic heterocycles. The van der Waals surface area contributed by atoms with Gasteiger partial charge in [-0.3, -0.25) is 9.78 Å². The molecule has 8 heteroatoms. The molecule has 0 aliphatic heterocycles. The number of rotatable bonds is 4. The molecule has 0 spiro atoms. The second-order valence-corrected chi connectivity index (χ2v) is 4.46. The lowest BCUT2D eigenvalue weighted by molar-refractivity contribution is -0.141. The second kappa shape index (κ2) is 5.89. The minimum absolute atomic E-state index is 0.134. The number of hydrogen-bond acceptors (Lipinski definition) is 3. The van der Waals surface area contributed by atoms with Crippen molar-refractivity contribution in [2.75, 3.05) is 0 Å². The van der Waals surface area contributed by atoms with Crippen molar-refractivity contribution in [2.45, 2.75) is 26.1 Å². The minimum atomic E-state index is -4.59. The maximum absolute atomic E-state index is 12.3. The van der Waals surface area contributed by atoms with Gasteiger partial charge < -0.3 is 10.4 Å². The molecule has 1 rings (SSSR count). The van der Waals surface area contributed by atoms with E-state index in [-0.39, 0.29) is 11.5 Å². The van der Waals surface area contributed by atoms with Gasteiger partial charge in [0.15, 0.2) is 0 Å². The topological polar surface area (TPSA) is 79.3 Å². The zero-order valence-electron chi connectivity index (χ0n) is 10.7. The van der Waals surface area contributed by atoms with Crippen LogP contribution in [0.2, 0.25) is 0 Å². The van der Waals surface area contributed by atoms with Crippen LogP contribution >= 0.6 is 0 Å². The van der Waals surface area contributed by atoms with Gasteiger partial charge in [-0.15, -0.1) is 0 Å². The highest BCUT2D eigenvalue weighted by atomic mass is 19.4. The molecule has 0 aromatic carbocycles. The lowest BCUT2D eigenvalue weighted by Gasteiger charge is -2.17. The predicted molar refractivity (Wildman–Crippen MR) is 63.0 cm³/mol. The number of halogens is 3. The van der Waals surface area contributed by atoms with Gasteiger partial charge in [0.2, 0.25) is 0 Å². The molecule has 5 nitrogen and oxygen atoms in total. The van der Waals surface area contributed by atoms with Gasteiger partial charge in [-0.2, -0.15) is 13.2 Å². The van der Waals surface area contributed by atoms with Crippen LogP contribution in [0.15, 0.2) is 18.3 Å². The van der Waals surface area contributed by atoms with Gasteiger partial charge >= 0.3 is 12.1 Å². The van der Waals surface area contributed by atoms with E-state index in [9.17, 15) is 22.8 Å². The van der Waals surface area contributed by atoms with Gasteiger partial charge in [0.25, 0.3) is 5.91 Å². The normalized spacial score (nSPS) is 13.1. The molecule has 0 aliphatic rings. The van der Waals surface area contributed by atoms with Crippen molar-refractivity contribution < 1.29 is 27.9 Å². The van der Waals surface area contributed by atoms with Gasteiger partial charge in [0.05, 0.1) is 5.56 Å². The van der Waals surface area contributed by atoms with E-state index in [4.69, 9.17) is 5.11 Å². The molecule has 1 heterocycles. The van der Waals surface area contributed by atoms with Crippen LogP contribution in [0.5, 0.6) is 0 Å². The summed E-state index contributed by atoms with van der Waals surface area (Å²) >= 11 is 0. The molecular weight excluding hydrogens is 277 g/mol. The van der Waals surface area contributed by atoms with Crippen LogP contribution in [0.3, 0.4) is 0 Å². The summed E-state index contributed by atoms with van der Waals surface area (Å²) in [5.41, 5.74) is -1.25. The van der Waals surface area contributed by atoms with E-state index in [0.29, 0.717) is 6.07 Å². The molecule has 0 saturated carbocycles. The molecule has 2 N–H and O–H groups in total. The van der Waals surface area contributed by atoms with Gasteiger partial charge in [0.1, 0.15) is 11.7 Å². The molecule has 0 bridgehead atoms. The number of alkyl halides is 3. The highest BCUT2D eigenvalue weighted by molar-refractivity contribution is 5.96. The fraction of sp³-hybridized carbons (Fsp3) is 0.417. The molecule has 0 aliphatic carbocycles. The summed E-state index contributed by atoms with van der Waals surface area (Å²) < 4.78 is 36.9. The number of pyridine rings is 1. The van der Waals surface area contributed by atoms with Crippen LogP contribution in [-0.4, -0.2) is 28.0 Å². The monoisotopic (exact) mass is 290 g/mol. The van der Waals surface area contributed by atoms with E-state index in [1.165, 1.54) is 0 Å². The highest BCUT2D eigenvalue weighted by Crippen LogP contribution is 2.27. The third kappa shape index (κ3) is 3.94. The number of carboxylic acids is 1. The number of hydrogen-bond donors (Lipinski definition) is 2. The van der Waals surface area contributed by atoms with Crippen molar-refractivity contribution in [3.63, 3.8) is 0 Å². The Balaban J connectivity index is 2.85. The number of carboxylic acid groups (broad SMARTS) is 1. The first-order chi connectivity index (χ1) is 9.12. The third-order valence-corrected chi connectivity index (χ3v) is 2.54. The Kier molecular flexibility index (Phi) is 4.69. The molecule has 0 radical (unpaired) electrons. The number of amides is 1. The average Bonchev–Trinajstić information content (AvgIpc) is 2.34. The Morgan fingerprint density at radius 2 is 1.90 bits per heavy atom. The van der Waals surface area contributed by atoms with Crippen LogP contribution < -0.4 is 5.32 Å². The SMILES string of the molecule is CC(C)[C@H](NC(=O)c1ccc(C(F)(F)F)nc1)C(=O)O. The predicted octanol–water partition coefficient (Wildman–Crippen LogP) is 1.94. The smallest absolute Gasteiger partial charge is 0.433 e. The van der Waals surface area contributed by atoms with Crippen molar-refractivity contribution in [2.24, 2.45) is 5.92 Å². The number of nitrogens with zero attached hydrogens (tertiary/aromatic N) is 1. The molecule has 1 atom stereocenters. The highest BCUT2D eigenvalue weighted by Gasteiger charge is 2.32. The van der Waals surface area contributed by atoms with E-state index in [0.717, 1.165) is 12.3 Å². The van der Waals surface area contributed by atoms with Crippen molar-refractivity contribution in [1.82, 2.24) is 10.3 Å². The molecule has 0 fully saturated rings. The Morgan fingerprint density at radius 1 is 1.30 bits per heavy atom. The van der Waals surface area contributed by atoms with Crippen molar-refractivity contribution in [1.29, 1.82) is 0 Å². The van der Waals surface area contributed by atoms with Gasteiger partial charge in [0, 0.05) is 6.20 Å². The maximum Gasteiger partial charge on any atom is 0.433 e. The van der Waals surface area contributed by atoms with Gasteiger partial charge in [-0.05, 0) is 18.1 Å². The van der Waals surface area contributed by atoms with Crippen molar-refractivity contribution >= 4 is 11.9 Å². The van der Waals surface area contributed by atoms with Gasteiger partial charge in [-0.25, -0.2) is 4.79 Å². The Labute approximate surface area is 112 Å². The van der Waals surface area contributed by atoms with Gasteiger partial charge in [-0.1, -0.05) is 13.8 Å². The summed E-state index contributed by atoms with van der Waals surface area (Å²) in [6.07, 6.45) is -3.83. The standard InChI is InChI=1S/C12H13F3N2O3/c1-6(2)9(11(19)20)17-10(18)7-3-4-8(16-5-7)12(13,14)15/h3-6,9H,1-2H3,(H,17,18)(H,19,20)/t9-/m0/s1. The summed E-state index contributed by atoms with van der Waals surface area (Å²) in [6, 6.07) is 0.495. The molecule has 110 valence electrons. The zero-order chi connectivity index (χ0) is 15.5. The number of carbonyl (C=O) groups is 2. The summed E-state index contributed by atoms with van der Waals surface area (Å²) in [7, 11) is 0. The van der Waals surface area contributed by atoms with Crippen LogP contribution in [0.25, 0.3) is 0 Å². The second-order valence-electron chi connectivity index (χ2n) is 4.46. The van der Waals surface area contributed by atoms with Crippen LogP contribution in [0.4, 0.5) is 13.2 Å². The Hall–Kier alpha value is -2.12. The molecular formula is C12H13F3N2O3. The quantitative estimate of drug-likeness (QED) is 0.888. The number of carbonyl (C=O) groups excluding carboxylic acids is 1. The largest absolute Gasteiger partial charge is 0.480 e. The fourth-order valence-corrected chi connectivity index (χ4v) is 1.43. The van der Waals surface area contributed by atoms with Crippen LogP contribution in [0, 0.1) is 5.92 Å². The lowest BCUT2D eigenvalue weighted by Crippen LogP contribution is -2.44. The van der Waals surface area contributed by atoms with E-state index < -0.39 is 29.8 Å². The first-order valence-corrected chi connectivity index (χ1v) is 5.70.